The first-order valence-corrected chi connectivity index (χ1v) is 11.2. The van der Waals surface area contributed by atoms with Crippen molar-refractivity contribution < 1.29 is 29.4 Å². The second-order valence-corrected chi connectivity index (χ2v) is 8.90. The minimum absolute atomic E-state index is 0.166. The molecule has 1 unspecified atom stereocenters. The van der Waals surface area contributed by atoms with Gasteiger partial charge in [-0.05, 0) is 61.5 Å². The van der Waals surface area contributed by atoms with E-state index >= 15 is 0 Å². The summed E-state index contributed by atoms with van der Waals surface area (Å²) in [5, 5.41) is 23.8. The Balaban J connectivity index is 1.65. The summed E-state index contributed by atoms with van der Waals surface area (Å²) in [4.78, 5) is 48.4. The third kappa shape index (κ3) is 6.15. The first-order chi connectivity index (χ1) is 16.2. The molecule has 0 heterocycles. The van der Waals surface area contributed by atoms with Crippen LogP contribution in [0, 0.1) is 0 Å². The molecule has 0 aromatic heterocycles. The standard InChI is InChI=1S/C24H19ClN2O6S/c1-13(21(28)27-20-5-3-2-4-19(20)25)34-16-9-7-15(8-10-16)26-22(29)17-11-6-14(23(30)31)12-18(17)24(32)33/h2-13H,1H3,(H,26,29)(H,27,28)(H,30,31)(H,32,33). The highest BCUT2D eigenvalue weighted by molar-refractivity contribution is 8.00. The number of para-hydroxylation sites is 1. The van der Waals surface area contributed by atoms with Gasteiger partial charge in [0.15, 0.2) is 0 Å². The summed E-state index contributed by atoms with van der Waals surface area (Å²) in [6, 6.07) is 16.9. The molecule has 0 radical (unpaired) electrons. The highest BCUT2D eigenvalue weighted by Crippen LogP contribution is 2.27. The molecular weight excluding hydrogens is 480 g/mol. The quantitative estimate of drug-likeness (QED) is 0.317. The number of carboxylic acid groups (broad SMARTS) is 2. The van der Waals surface area contributed by atoms with Gasteiger partial charge in [0.2, 0.25) is 5.91 Å². The lowest BCUT2D eigenvalue weighted by Gasteiger charge is -2.13. The van der Waals surface area contributed by atoms with Crippen molar-refractivity contribution in [2.24, 2.45) is 0 Å². The number of hydrogen-bond donors (Lipinski definition) is 4. The molecule has 0 aliphatic heterocycles. The van der Waals surface area contributed by atoms with Gasteiger partial charge in [0.25, 0.3) is 5.91 Å². The van der Waals surface area contributed by atoms with E-state index in [2.05, 4.69) is 10.6 Å². The predicted octanol–water partition coefficient (Wildman–Crippen LogP) is 5.11. The molecule has 0 aliphatic rings. The molecule has 0 aliphatic carbocycles. The van der Waals surface area contributed by atoms with Gasteiger partial charge in [-0.1, -0.05) is 23.7 Å². The fourth-order valence-corrected chi connectivity index (χ4v) is 3.97. The Hall–Kier alpha value is -3.82. The lowest BCUT2D eigenvalue weighted by Crippen LogP contribution is -2.22. The number of carbonyl (C=O) groups is 4. The molecular formula is C24H19ClN2O6S. The SMILES string of the molecule is CC(Sc1ccc(NC(=O)c2ccc(C(=O)O)cc2C(=O)O)cc1)C(=O)Nc1ccccc1Cl. The fourth-order valence-electron chi connectivity index (χ4n) is 2.92. The number of hydrogen-bond acceptors (Lipinski definition) is 5. The van der Waals surface area contributed by atoms with Crippen molar-refractivity contribution in [3.63, 3.8) is 0 Å². The normalized spacial score (nSPS) is 11.4. The first-order valence-electron chi connectivity index (χ1n) is 9.90. The topological polar surface area (TPSA) is 133 Å². The van der Waals surface area contributed by atoms with E-state index in [1.165, 1.54) is 17.8 Å². The van der Waals surface area contributed by atoms with Crippen LogP contribution in [0.1, 0.15) is 38.0 Å². The molecule has 0 saturated carbocycles. The van der Waals surface area contributed by atoms with E-state index in [4.69, 9.17) is 16.7 Å². The molecule has 4 N–H and O–H groups in total. The molecule has 0 spiro atoms. The van der Waals surface area contributed by atoms with Crippen LogP contribution in [0.2, 0.25) is 5.02 Å². The maximum absolute atomic E-state index is 12.6. The Kier molecular flexibility index (Phi) is 7.93. The number of rotatable bonds is 8. The second-order valence-electron chi connectivity index (χ2n) is 7.08. The highest BCUT2D eigenvalue weighted by Gasteiger charge is 2.20. The molecule has 2 amide bonds. The molecule has 34 heavy (non-hydrogen) atoms. The maximum Gasteiger partial charge on any atom is 0.336 e. The van der Waals surface area contributed by atoms with Gasteiger partial charge < -0.3 is 20.8 Å². The summed E-state index contributed by atoms with van der Waals surface area (Å²) in [6.07, 6.45) is 0. The number of carbonyl (C=O) groups excluding carboxylic acids is 2. The molecule has 0 saturated heterocycles. The number of aromatic carboxylic acids is 2. The molecule has 1 atom stereocenters. The largest absolute Gasteiger partial charge is 0.478 e. The van der Waals surface area contributed by atoms with E-state index in [-0.39, 0.29) is 17.0 Å². The van der Waals surface area contributed by atoms with Crippen LogP contribution >= 0.6 is 23.4 Å². The van der Waals surface area contributed by atoms with Gasteiger partial charge in [0.05, 0.1) is 32.7 Å². The van der Waals surface area contributed by atoms with Crippen molar-refractivity contribution in [2.75, 3.05) is 10.6 Å². The van der Waals surface area contributed by atoms with Crippen molar-refractivity contribution in [3.8, 4) is 0 Å². The van der Waals surface area contributed by atoms with E-state index in [0.717, 1.165) is 17.0 Å². The number of anilines is 2. The lowest BCUT2D eigenvalue weighted by atomic mass is 10.0. The van der Waals surface area contributed by atoms with E-state index in [1.807, 2.05) is 0 Å². The third-order valence-electron chi connectivity index (χ3n) is 4.67. The molecule has 10 heteroatoms. The zero-order chi connectivity index (χ0) is 24.8. The third-order valence-corrected chi connectivity index (χ3v) is 6.11. The maximum atomic E-state index is 12.6. The van der Waals surface area contributed by atoms with Crippen molar-refractivity contribution in [1.29, 1.82) is 0 Å². The van der Waals surface area contributed by atoms with Gasteiger partial charge in [0.1, 0.15) is 0 Å². The van der Waals surface area contributed by atoms with E-state index in [1.54, 1.807) is 55.5 Å². The van der Waals surface area contributed by atoms with Gasteiger partial charge >= 0.3 is 11.9 Å². The smallest absolute Gasteiger partial charge is 0.336 e. The fraction of sp³-hybridized carbons (Fsp3) is 0.0833. The van der Waals surface area contributed by atoms with Crippen LogP contribution in [0.4, 0.5) is 11.4 Å². The summed E-state index contributed by atoms with van der Waals surface area (Å²) in [5.74, 6) is -3.62. The minimum Gasteiger partial charge on any atom is -0.478 e. The summed E-state index contributed by atoms with van der Waals surface area (Å²) in [7, 11) is 0. The van der Waals surface area contributed by atoms with Crippen LogP contribution < -0.4 is 10.6 Å². The van der Waals surface area contributed by atoms with E-state index < -0.39 is 28.7 Å². The van der Waals surface area contributed by atoms with Crippen molar-refractivity contribution in [2.45, 2.75) is 17.1 Å². The number of benzene rings is 3. The van der Waals surface area contributed by atoms with Gasteiger partial charge in [-0.15, -0.1) is 11.8 Å². The molecule has 8 nitrogen and oxygen atoms in total. The second kappa shape index (κ2) is 10.9. The van der Waals surface area contributed by atoms with Crippen LogP contribution in [0.3, 0.4) is 0 Å². The predicted molar refractivity (Wildman–Crippen MR) is 130 cm³/mol. The van der Waals surface area contributed by atoms with E-state index in [9.17, 15) is 24.3 Å². The Labute approximate surface area is 203 Å². The van der Waals surface area contributed by atoms with Gasteiger partial charge in [-0.25, -0.2) is 9.59 Å². The number of thioether (sulfide) groups is 1. The lowest BCUT2D eigenvalue weighted by molar-refractivity contribution is -0.115. The Morgan fingerprint density at radius 2 is 1.53 bits per heavy atom. The van der Waals surface area contributed by atoms with Crippen LogP contribution in [0.25, 0.3) is 0 Å². The highest BCUT2D eigenvalue weighted by atomic mass is 35.5. The van der Waals surface area contributed by atoms with Crippen LogP contribution in [0.15, 0.2) is 71.6 Å². The average Bonchev–Trinajstić information content (AvgIpc) is 2.81. The summed E-state index contributed by atoms with van der Waals surface area (Å²) < 4.78 is 0. The van der Waals surface area contributed by atoms with Gasteiger partial charge in [-0.2, -0.15) is 0 Å². The molecule has 0 fully saturated rings. The van der Waals surface area contributed by atoms with Crippen LogP contribution in [-0.4, -0.2) is 39.2 Å². The zero-order valence-corrected chi connectivity index (χ0v) is 19.3. The van der Waals surface area contributed by atoms with Crippen LogP contribution in [-0.2, 0) is 4.79 Å². The molecule has 3 aromatic rings. The van der Waals surface area contributed by atoms with E-state index in [0.29, 0.717) is 16.4 Å². The van der Waals surface area contributed by atoms with Crippen LogP contribution in [0.5, 0.6) is 0 Å². The summed E-state index contributed by atoms with van der Waals surface area (Å²) in [6.45, 7) is 1.75. The van der Waals surface area contributed by atoms with Crippen molar-refractivity contribution in [3.05, 3.63) is 88.4 Å². The number of nitrogens with one attached hydrogen (secondary N) is 2. The Morgan fingerprint density at radius 3 is 2.15 bits per heavy atom. The minimum atomic E-state index is -1.41. The summed E-state index contributed by atoms with van der Waals surface area (Å²) >= 11 is 7.38. The Morgan fingerprint density at radius 1 is 0.853 bits per heavy atom. The summed E-state index contributed by atoms with van der Waals surface area (Å²) in [5.41, 5.74) is 0.115. The average molecular weight is 499 g/mol. The number of halogens is 1. The number of amides is 2. The molecule has 3 aromatic carbocycles. The Bertz CT molecular complexity index is 1260. The van der Waals surface area contributed by atoms with Gasteiger partial charge in [-0.3, -0.25) is 9.59 Å². The number of carboxylic acids is 2. The van der Waals surface area contributed by atoms with Crippen molar-refractivity contribution in [1.82, 2.24) is 0 Å². The monoisotopic (exact) mass is 498 g/mol. The first kappa shape index (κ1) is 24.8. The molecule has 0 bridgehead atoms. The molecule has 174 valence electrons. The van der Waals surface area contributed by atoms with Gasteiger partial charge in [0, 0.05) is 10.6 Å². The molecule has 3 rings (SSSR count). The van der Waals surface area contributed by atoms with Crippen molar-refractivity contribution >= 4 is 58.5 Å². The zero-order valence-electron chi connectivity index (χ0n) is 17.7.